The van der Waals surface area contributed by atoms with Gasteiger partial charge in [-0.3, -0.25) is 4.72 Å². The van der Waals surface area contributed by atoms with Gasteiger partial charge in [0.25, 0.3) is 10.0 Å². The van der Waals surface area contributed by atoms with Gasteiger partial charge >= 0.3 is 5.97 Å². The van der Waals surface area contributed by atoms with Crippen LogP contribution in [0.1, 0.15) is 15.9 Å². The summed E-state index contributed by atoms with van der Waals surface area (Å²) in [5.41, 5.74) is -0.165. The van der Waals surface area contributed by atoms with Gasteiger partial charge in [-0.25, -0.2) is 17.6 Å². The molecule has 2 N–H and O–H groups in total. The third kappa shape index (κ3) is 3.97. The molecule has 0 aliphatic carbocycles. The Balaban J connectivity index is 2.56. The van der Waals surface area contributed by atoms with E-state index in [0.717, 1.165) is 0 Å². The summed E-state index contributed by atoms with van der Waals surface area (Å²) in [4.78, 5) is 10.4. The smallest absolute Gasteiger partial charge is 0.338 e. The molecule has 2 rings (SSSR count). The van der Waals surface area contributed by atoms with E-state index in [1.165, 1.54) is 19.2 Å². The maximum atomic E-state index is 13.6. The Bertz CT molecular complexity index is 963. The molecule has 0 amide bonds. The van der Waals surface area contributed by atoms with E-state index in [0.29, 0.717) is 22.7 Å². The van der Waals surface area contributed by atoms with Crippen LogP contribution in [0.25, 0.3) is 0 Å². The second-order valence-corrected chi connectivity index (χ2v) is 7.44. The predicted molar refractivity (Wildman–Crippen MR) is 91.9 cm³/mol. The number of methoxy groups -OCH3 is 1. The van der Waals surface area contributed by atoms with Crippen molar-refractivity contribution in [2.75, 3.05) is 11.8 Å². The van der Waals surface area contributed by atoms with Crippen LogP contribution in [0, 0.1) is 12.7 Å². The molecule has 0 bridgehead atoms. The molecule has 0 fully saturated rings. The number of halogens is 3. The van der Waals surface area contributed by atoms with Crippen LogP contribution in [0.3, 0.4) is 0 Å². The summed E-state index contributed by atoms with van der Waals surface area (Å²) in [6.07, 6.45) is 0. The lowest BCUT2D eigenvalue weighted by atomic mass is 10.2. The summed E-state index contributed by atoms with van der Waals surface area (Å²) in [7, 11) is -2.99. The highest BCUT2D eigenvalue weighted by Gasteiger charge is 2.24. The number of aromatic carboxylic acids is 1. The van der Waals surface area contributed by atoms with Crippen molar-refractivity contribution >= 4 is 44.9 Å². The highest BCUT2D eigenvalue weighted by molar-refractivity contribution is 7.92. The van der Waals surface area contributed by atoms with E-state index in [1.54, 1.807) is 6.92 Å². The number of aryl methyl sites for hydroxylation is 1. The van der Waals surface area contributed by atoms with Crippen LogP contribution in [0.5, 0.6) is 5.75 Å². The van der Waals surface area contributed by atoms with Gasteiger partial charge in [0, 0.05) is 11.1 Å². The second kappa shape index (κ2) is 7.07. The molecule has 134 valence electrons. The van der Waals surface area contributed by atoms with Crippen molar-refractivity contribution < 1.29 is 27.4 Å². The number of hydrogen-bond acceptors (Lipinski definition) is 4. The number of carboxylic acid groups (broad SMARTS) is 1. The Kier molecular flexibility index (Phi) is 5.46. The first-order valence-electron chi connectivity index (χ1n) is 6.66. The maximum absolute atomic E-state index is 13.6. The first-order valence-corrected chi connectivity index (χ1v) is 8.90. The van der Waals surface area contributed by atoms with Crippen molar-refractivity contribution in [1.82, 2.24) is 0 Å². The first-order chi connectivity index (χ1) is 11.6. The fourth-order valence-electron chi connectivity index (χ4n) is 2.01. The molecule has 2 aromatic rings. The van der Waals surface area contributed by atoms with Crippen LogP contribution in [-0.4, -0.2) is 26.6 Å². The monoisotopic (exact) mass is 407 g/mol. The molecular formula is C15H12Cl2FNO5S. The van der Waals surface area contributed by atoms with Gasteiger partial charge in [-0.05, 0) is 30.7 Å². The van der Waals surface area contributed by atoms with Crippen molar-refractivity contribution in [3.63, 3.8) is 0 Å². The summed E-state index contributed by atoms with van der Waals surface area (Å²) >= 11 is 11.7. The molecule has 10 heteroatoms. The summed E-state index contributed by atoms with van der Waals surface area (Å²) < 4.78 is 46.1. The van der Waals surface area contributed by atoms with Gasteiger partial charge in [0.1, 0.15) is 16.5 Å². The second-order valence-electron chi connectivity index (χ2n) is 4.97. The Morgan fingerprint density at radius 2 is 1.84 bits per heavy atom. The number of rotatable bonds is 5. The predicted octanol–water partition coefficient (Wildman–Crippen LogP) is 3.95. The van der Waals surface area contributed by atoms with E-state index in [9.17, 15) is 17.6 Å². The van der Waals surface area contributed by atoms with Crippen LogP contribution in [0.2, 0.25) is 10.0 Å². The van der Waals surface area contributed by atoms with E-state index in [4.69, 9.17) is 33.0 Å². The zero-order valence-electron chi connectivity index (χ0n) is 12.9. The maximum Gasteiger partial charge on any atom is 0.338 e. The number of anilines is 1. The van der Waals surface area contributed by atoms with E-state index in [-0.39, 0.29) is 11.4 Å². The molecule has 0 aliphatic rings. The summed E-state index contributed by atoms with van der Waals surface area (Å²) in [6, 6.07) is 4.14. The minimum atomic E-state index is -4.31. The largest absolute Gasteiger partial charge is 0.495 e. The van der Waals surface area contributed by atoms with Gasteiger partial charge in [0.05, 0.1) is 23.4 Å². The van der Waals surface area contributed by atoms with Gasteiger partial charge in [-0.2, -0.15) is 0 Å². The van der Waals surface area contributed by atoms with Crippen molar-refractivity contribution in [1.29, 1.82) is 0 Å². The van der Waals surface area contributed by atoms with Crippen LogP contribution in [0.4, 0.5) is 10.1 Å². The zero-order chi connectivity index (χ0) is 18.9. The third-order valence-electron chi connectivity index (χ3n) is 3.27. The van der Waals surface area contributed by atoms with Gasteiger partial charge < -0.3 is 9.84 Å². The SMILES string of the molecule is COc1cc(Cl)c(C)cc1NS(=O)(=O)c1cc(C(=O)O)c(F)cc1Cl. The lowest BCUT2D eigenvalue weighted by Gasteiger charge is -2.14. The minimum absolute atomic E-state index is 0.0710. The highest BCUT2D eigenvalue weighted by atomic mass is 35.5. The topological polar surface area (TPSA) is 92.7 Å². The fourth-order valence-corrected chi connectivity index (χ4v) is 3.77. The van der Waals surface area contributed by atoms with Crippen molar-refractivity contribution in [3.8, 4) is 5.75 Å². The summed E-state index contributed by atoms with van der Waals surface area (Å²) in [6.45, 7) is 1.66. The number of ether oxygens (including phenoxy) is 1. The number of benzene rings is 2. The molecule has 6 nitrogen and oxygen atoms in total. The molecule has 0 unspecified atom stereocenters. The Morgan fingerprint density at radius 3 is 2.40 bits per heavy atom. The lowest BCUT2D eigenvalue weighted by molar-refractivity contribution is 0.0691. The highest BCUT2D eigenvalue weighted by Crippen LogP contribution is 2.34. The zero-order valence-corrected chi connectivity index (χ0v) is 15.3. The van der Waals surface area contributed by atoms with Gasteiger partial charge in [0.15, 0.2) is 0 Å². The Labute approximate surface area is 153 Å². The van der Waals surface area contributed by atoms with Crippen molar-refractivity contribution in [2.24, 2.45) is 0 Å². The van der Waals surface area contributed by atoms with Gasteiger partial charge in [-0.15, -0.1) is 0 Å². The molecule has 0 aliphatic heterocycles. The molecular weight excluding hydrogens is 396 g/mol. The van der Waals surface area contributed by atoms with Crippen LogP contribution >= 0.6 is 23.2 Å². The Hall–Kier alpha value is -2.03. The average molecular weight is 408 g/mol. The van der Waals surface area contributed by atoms with Crippen LogP contribution in [-0.2, 0) is 10.0 Å². The number of sulfonamides is 1. The summed E-state index contributed by atoms with van der Waals surface area (Å²) in [5.74, 6) is -2.61. The average Bonchev–Trinajstić information content (AvgIpc) is 2.49. The molecule has 0 saturated carbocycles. The van der Waals surface area contributed by atoms with Crippen molar-refractivity contribution in [2.45, 2.75) is 11.8 Å². The fraction of sp³-hybridized carbons (Fsp3) is 0.133. The van der Waals surface area contributed by atoms with E-state index < -0.39 is 37.3 Å². The molecule has 0 spiro atoms. The Morgan fingerprint density at radius 1 is 1.20 bits per heavy atom. The number of carbonyl (C=O) groups is 1. The minimum Gasteiger partial charge on any atom is -0.495 e. The number of carboxylic acids is 1. The molecule has 2 aromatic carbocycles. The van der Waals surface area contributed by atoms with Gasteiger partial charge in [-0.1, -0.05) is 23.2 Å². The van der Waals surface area contributed by atoms with E-state index >= 15 is 0 Å². The number of nitrogens with one attached hydrogen (secondary N) is 1. The molecule has 25 heavy (non-hydrogen) atoms. The molecule has 0 atom stereocenters. The molecule has 0 radical (unpaired) electrons. The van der Waals surface area contributed by atoms with E-state index in [2.05, 4.69) is 4.72 Å². The molecule has 0 saturated heterocycles. The first kappa shape index (κ1) is 19.3. The van der Waals surface area contributed by atoms with Gasteiger partial charge in [0.2, 0.25) is 0 Å². The lowest BCUT2D eigenvalue weighted by Crippen LogP contribution is -2.16. The van der Waals surface area contributed by atoms with Crippen LogP contribution < -0.4 is 9.46 Å². The molecule has 0 aromatic heterocycles. The molecule has 0 heterocycles. The van der Waals surface area contributed by atoms with Crippen LogP contribution in [0.15, 0.2) is 29.2 Å². The standard InChI is InChI=1S/C15H12Cl2FNO5S/c1-7-3-12(13(24-2)6-9(7)16)19-25(22,23)14-4-8(15(20)21)11(18)5-10(14)17/h3-6,19H,1-2H3,(H,20,21). The quantitative estimate of drug-likeness (QED) is 0.782. The number of hydrogen-bond donors (Lipinski definition) is 2. The third-order valence-corrected chi connectivity index (χ3v) is 5.50. The van der Waals surface area contributed by atoms with E-state index in [1.807, 2.05) is 0 Å². The summed E-state index contributed by atoms with van der Waals surface area (Å²) in [5, 5.41) is 8.86. The van der Waals surface area contributed by atoms with Crippen molar-refractivity contribution in [3.05, 3.63) is 51.3 Å². The normalized spacial score (nSPS) is 11.2.